The number of methoxy groups -OCH3 is 1. The molecule has 0 radical (unpaired) electrons. The molecule has 5 heteroatoms. The Kier molecular flexibility index (Phi) is 4.40. The molecule has 1 heterocycles. The van der Waals surface area contributed by atoms with Gasteiger partial charge in [-0.3, -0.25) is 0 Å². The average molecular weight is 276 g/mol. The topological polar surface area (TPSA) is 43.3 Å². The van der Waals surface area contributed by atoms with Gasteiger partial charge in [0, 0.05) is 18.4 Å². The number of aryl methyl sites for hydroxylation is 1. The highest BCUT2D eigenvalue weighted by Gasteiger charge is 2.10. The van der Waals surface area contributed by atoms with Crippen LogP contribution in [-0.2, 0) is 17.8 Å². The summed E-state index contributed by atoms with van der Waals surface area (Å²) < 4.78 is 20.4. The number of hydrogen-bond acceptors (Lipinski definition) is 3. The number of rotatable bonds is 5. The summed E-state index contributed by atoms with van der Waals surface area (Å²) in [6.07, 6.45) is 1.97. The third-order valence-corrected chi connectivity index (χ3v) is 3.11. The van der Waals surface area contributed by atoms with E-state index in [1.54, 1.807) is 0 Å². The van der Waals surface area contributed by atoms with Crippen molar-refractivity contribution in [2.75, 3.05) is 12.4 Å². The molecule has 0 bridgehead atoms. The maximum absolute atomic E-state index is 13.7. The third kappa shape index (κ3) is 2.99. The number of nitrogens with one attached hydrogen (secondary N) is 1. The summed E-state index contributed by atoms with van der Waals surface area (Å²) in [5.74, 6) is -0.878. The van der Waals surface area contributed by atoms with Gasteiger partial charge in [-0.2, -0.15) is 0 Å². The molecule has 0 fully saturated rings. The fourth-order valence-electron chi connectivity index (χ4n) is 2.01. The van der Waals surface area contributed by atoms with Gasteiger partial charge >= 0.3 is 5.97 Å². The smallest absolute Gasteiger partial charge is 0.337 e. The van der Waals surface area contributed by atoms with Gasteiger partial charge in [0.2, 0.25) is 0 Å². The first-order chi connectivity index (χ1) is 9.65. The Morgan fingerprint density at radius 2 is 2.20 bits per heavy atom. The Hall–Kier alpha value is -2.30. The van der Waals surface area contributed by atoms with E-state index in [0.29, 0.717) is 12.1 Å². The second kappa shape index (κ2) is 6.23. The van der Waals surface area contributed by atoms with E-state index in [4.69, 9.17) is 0 Å². The molecule has 0 aliphatic carbocycles. The first-order valence-corrected chi connectivity index (χ1v) is 6.41. The Bertz CT molecular complexity index is 608. The Balaban J connectivity index is 2.14. The number of halogens is 1. The molecular formula is C15H17FN2O2. The zero-order valence-corrected chi connectivity index (χ0v) is 11.5. The van der Waals surface area contributed by atoms with Crippen LogP contribution < -0.4 is 5.32 Å². The summed E-state index contributed by atoms with van der Waals surface area (Å²) in [6, 6.07) is 8.04. The number of esters is 1. The predicted molar refractivity (Wildman–Crippen MR) is 75.2 cm³/mol. The number of ether oxygens (including phenoxy) is 1. The molecule has 20 heavy (non-hydrogen) atoms. The van der Waals surface area contributed by atoms with E-state index >= 15 is 0 Å². The van der Waals surface area contributed by atoms with Gasteiger partial charge in [-0.25, -0.2) is 9.18 Å². The number of nitrogens with zero attached hydrogens (tertiary/aromatic N) is 1. The minimum absolute atomic E-state index is 0.289. The molecule has 0 spiro atoms. The van der Waals surface area contributed by atoms with Crippen LogP contribution >= 0.6 is 0 Å². The molecule has 0 saturated carbocycles. The maximum Gasteiger partial charge on any atom is 0.337 e. The molecule has 1 aromatic heterocycles. The largest absolute Gasteiger partial charge is 0.465 e. The van der Waals surface area contributed by atoms with Crippen LogP contribution in [0, 0.1) is 5.82 Å². The van der Waals surface area contributed by atoms with Gasteiger partial charge in [-0.1, -0.05) is 0 Å². The molecule has 0 aliphatic heterocycles. The number of anilines is 1. The van der Waals surface area contributed by atoms with E-state index in [9.17, 15) is 9.18 Å². The molecule has 4 nitrogen and oxygen atoms in total. The van der Waals surface area contributed by atoms with E-state index in [-0.39, 0.29) is 5.69 Å². The third-order valence-electron chi connectivity index (χ3n) is 3.11. The summed E-state index contributed by atoms with van der Waals surface area (Å²) in [5, 5.41) is 3.01. The van der Waals surface area contributed by atoms with Crippen LogP contribution in [-0.4, -0.2) is 17.6 Å². The number of aromatic nitrogens is 1. The number of carbonyl (C=O) groups is 1. The van der Waals surface area contributed by atoms with Gasteiger partial charge in [0.1, 0.15) is 5.82 Å². The molecule has 0 amide bonds. The lowest BCUT2D eigenvalue weighted by molar-refractivity contribution is 0.0600. The molecular weight excluding hydrogens is 259 g/mol. The average Bonchev–Trinajstić information content (AvgIpc) is 2.93. The van der Waals surface area contributed by atoms with Gasteiger partial charge in [-0.05, 0) is 37.3 Å². The minimum atomic E-state index is -0.481. The summed E-state index contributed by atoms with van der Waals surface area (Å²) in [5.41, 5.74) is 1.66. The highest BCUT2D eigenvalue weighted by atomic mass is 19.1. The van der Waals surface area contributed by atoms with Crippen molar-refractivity contribution in [2.45, 2.75) is 20.0 Å². The molecule has 1 aromatic carbocycles. The van der Waals surface area contributed by atoms with Gasteiger partial charge in [0.25, 0.3) is 0 Å². The molecule has 2 rings (SSSR count). The van der Waals surface area contributed by atoms with Crippen LogP contribution in [0.1, 0.15) is 23.0 Å². The molecule has 1 N–H and O–H groups in total. The Morgan fingerprint density at radius 1 is 1.40 bits per heavy atom. The lowest BCUT2D eigenvalue weighted by Gasteiger charge is -2.11. The van der Waals surface area contributed by atoms with Crippen molar-refractivity contribution < 1.29 is 13.9 Å². The fraction of sp³-hybridized carbons (Fsp3) is 0.267. The summed E-state index contributed by atoms with van der Waals surface area (Å²) in [7, 11) is 1.30. The second-order valence-electron chi connectivity index (χ2n) is 4.33. The number of hydrogen-bond donors (Lipinski definition) is 1. The highest BCUT2D eigenvalue weighted by Crippen LogP contribution is 2.18. The van der Waals surface area contributed by atoms with Crippen LogP contribution in [0.4, 0.5) is 10.1 Å². The fourth-order valence-corrected chi connectivity index (χ4v) is 2.01. The van der Waals surface area contributed by atoms with E-state index in [2.05, 4.69) is 14.6 Å². The van der Waals surface area contributed by atoms with Gasteiger partial charge < -0.3 is 14.6 Å². The Morgan fingerprint density at radius 3 is 2.90 bits per heavy atom. The van der Waals surface area contributed by atoms with E-state index in [1.165, 1.54) is 25.3 Å². The predicted octanol–water partition coefficient (Wildman–Crippen LogP) is 3.05. The summed E-state index contributed by atoms with van der Waals surface area (Å²) >= 11 is 0. The standard InChI is InChI=1S/C15H17FN2O2/c1-3-18-8-4-5-12(18)10-17-14-9-11(15(19)20-2)6-7-13(14)16/h4-9,17H,3,10H2,1-2H3. The Labute approximate surface area is 117 Å². The van der Waals surface area contributed by atoms with Crippen molar-refractivity contribution in [3.63, 3.8) is 0 Å². The van der Waals surface area contributed by atoms with Crippen LogP contribution in [0.25, 0.3) is 0 Å². The maximum atomic E-state index is 13.7. The molecule has 2 aromatic rings. The van der Waals surface area contributed by atoms with E-state index in [0.717, 1.165) is 12.2 Å². The van der Waals surface area contributed by atoms with Crippen molar-refractivity contribution in [3.8, 4) is 0 Å². The quantitative estimate of drug-likeness (QED) is 0.854. The normalized spacial score (nSPS) is 10.3. The van der Waals surface area contributed by atoms with Crippen molar-refractivity contribution in [3.05, 3.63) is 53.6 Å². The molecule has 0 unspecified atom stereocenters. The zero-order chi connectivity index (χ0) is 14.5. The molecule has 0 atom stereocenters. The second-order valence-corrected chi connectivity index (χ2v) is 4.33. The van der Waals surface area contributed by atoms with Crippen LogP contribution in [0.15, 0.2) is 36.5 Å². The lowest BCUT2D eigenvalue weighted by Crippen LogP contribution is -2.08. The van der Waals surface area contributed by atoms with E-state index in [1.807, 2.05) is 25.3 Å². The summed E-state index contributed by atoms with van der Waals surface area (Å²) in [6.45, 7) is 3.39. The van der Waals surface area contributed by atoms with E-state index < -0.39 is 11.8 Å². The van der Waals surface area contributed by atoms with Crippen molar-refractivity contribution in [1.82, 2.24) is 4.57 Å². The van der Waals surface area contributed by atoms with Gasteiger partial charge in [-0.15, -0.1) is 0 Å². The van der Waals surface area contributed by atoms with Gasteiger partial charge in [0.05, 0.1) is 24.9 Å². The first-order valence-electron chi connectivity index (χ1n) is 6.41. The molecule has 106 valence electrons. The first kappa shape index (κ1) is 14.1. The minimum Gasteiger partial charge on any atom is -0.465 e. The zero-order valence-electron chi connectivity index (χ0n) is 11.5. The van der Waals surface area contributed by atoms with Crippen LogP contribution in [0.5, 0.6) is 0 Å². The monoisotopic (exact) mass is 276 g/mol. The highest BCUT2D eigenvalue weighted by molar-refractivity contribution is 5.90. The molecule has 0 saturated heterocycles. The molecule has 0 aliphatic rings. The van der Waals surface area contributed by atoms with Crippen molar-refractivity contribution >= 4 is 11.7 Å². The lowest BCUT2D eigenvalue weighted by atomic mass is 10.2. The number of benzene rings is 1. The van der Waals surface area contributed by atoms with Gasteiger partial charge in [0.15, 0.2) is 0 Å². The SMILES string of the molecule is CCn1cccc1CNc1cc(C(=O)OC)ccc1F. The van der Waals surface area contributed by atoms with Crippen LogP contribution in [0.2, 0.25) is 0 Å². The van der Waals surface area contributed by atoms with Crippen molar-refractivity contribution in [1.29, 1.82) is 0 Å². The van der Waals surface area contributed by atoms with Crippen molar-refractivity contribution in [2.24, 2.45) is 0 Å². The number of carbonyl (C=O) groups excluding carboxylic acids is 1. The van der Waals surface area contributed by atoms with Crippen LogP contribution in [0.3, 0.4) is 0 Å². The summed E-state index contributed by atoms with van der Waals surface area (Å²) in [4.78, 5) is 11.4.